The summed E-state index contributed by atoms with van der Waals surface area (Å²) in [5.74, 6) is 1.49. The van der Waals surface area contributed by atoms with E-state index >= 15 is 0 Å². The average Bonchev–Trinajstić information content (AvgIpc) is 3.15. The summed E-state index contributed by atoms with van der Waals surface area (Å²) >= 11 is 0. The molecule has 0 saturated carbocycles. The van der Waals surface area contributed by atoms with E-state index in [4.69, 9.17) is 9.84 Å². The number of aryl methyl sites for hydroxylation is 1. The summed E-state index contributed by atoms with van der Waals surface area (Å²) in [6.07, 6.45) is 0.149. The summed E-state index contributed by atoms with van der Waals surface area (Å²) in [6, 6.07) is 30.4. The van der Waals surface area contributed by atoms with Crippen LogP contribution in [0.2, 0.25) is 0 Å². The molecule has 0 radical (unpaired) electrons. The van der Waals surface area contributed by atoms with E-state index in [1.165, 1.54) is 0 Å². The van der Waals surface area contributed by atoms with Crippen molar-refractivity contribution in [2.75, 3.05) is 6.54 Å². The summed E-state index contributed by atoms with van der Waals surface area (Å²) in [6.45, 7) is 5.49. The first-order chi connectivity index (χ1) is 16.5. The topological polar surface area (TPSA) is 50.5 Å². The number of ether oxygens (including phenoxy) is 1. The van der Waals surface area contributed by atoms with Crippen LogP contribution in [0.5, 0.6) is 11.6 Å². The van der Waals surface area contributed by atoms with Gasteiger partial charge in [0, 0.05) is 31.7 Å². The van der Waals surface area contributed by atoms with Crippen LogP contribution in [0.25, 0.3) is 11.3 Å². The van der Waals surface area contributed by atoms with Gasteiger partial charge in [-0.3, -0.25) is 4.90 Å². The Kier molecular flexibility index (Phi) is 7.78. The number of rotatable bonds is 10. The molecule has 1 heterocycles. The fourth-order valence-electron chi connectivity index (χ4n) is 4.13. The van der Waals surface area contributed by atoms with Crippen molar-refractivity contribution < 1.29 is 9.84 Å². The number of para-hydroxylation sites is 1. The Morgan fingerprint density at radius 3 is 2.09 bits per heavy atom. The highest BCUT2D eigenvalue weighted by Gasteiger charge is 2.24. The van der Waals surface area contributed by atoms with Crippen LogP contribution < -0.4 is 4.74 Å². The van der Waals surface area contributed by atoms with Crippen LogP contribution >= 0.6 is 0 Å². The van der Waals surface area contributed by atoms with Gasteiger partial charge in [0.1, 0.15) is 11.4 Å². The molecule has 1 atom stereocenters. The Labute approximate surface area is 202 Å². The third kappa shape index (κ3) is 5.93. The summed E-state index contributed by atoms with van der Waals surface area (Å²) in [5.41, 5.74) is 4.10. The number of aliphatic hydroxyl groups is 1. The second-order valence-corrected chi connectivity index (χ2v) is 8.90. The largest absolute Gasteiger partial charge is 0.439 e. The van der Waals surface area contributed by atoms with Gasteiger partial charge in [0.25, 0.3) is 0 Å². The molecule has 0 saturated heterocycles. The number of nitrogens with zero attached hydrogens (tertiary/aromatic N) is 3. The lowest BCUT2D eigenvalue weighted by Crippen LogP contribution is -2.38. The van der Waals surface area contributed by atoms with Crippen LogP contribution in [-0.2, 0) is 20.0 Å². The molecule has 0 fully saturated rings. The van der Waals surface area contributed by atoms with Gasteiger partial charge in [0.2, 0.25) is 5.88 Å². The van der Waals surface area contributed by atoms with Gasteiger partial charge < -0.3 is 9.84 Å². The van der Waals surface area contributed by atoms with E-state index < -0.39 is 6.10 Å². The Balaban J connectivity index is 1.64. The molecule has 0 aliphatic carbocycles. The first-order valence-corrected chi connectivity index (χ1v) is 11.8. The minimum atomic E-state index is -0.472. The SMILES string of the molecule is CC(C)N(Cc1c(-c2ccccc2)nn(C)c1Oc1ccccc1)C[C@@H](O)Cc1ccccc1. The van der Waals surface area contributed by atoms with Gasteiger partial charge in [-0.25, -0.2) is 4.68 Å². The van der Waals surface area contributed by atoms with Crippen LogP contribution in [0.1, 0.15) is 25.0 Å². The van der Waals surface area contributed by atoms with Crippen molar-refractivity contribution in [3.05, 3.63) is 102 Å². The first kappa shape index (κ1) is 23.7. The van der Waals surface area contributed by atoms with Crippen LogP contribution in [0.4, 0.5) is 0 Å². The number of hydrogen-bond acceptors (Lipinski definition) is 4. The molecule has 0 amide bonds. The van der Waals surface area contributed by atoms with E-state index in [0.29, 0.717) is 25.4 Å². The predicted octanol–water partition coefficient (Wildman–Crippen LogP) is 5.69. The average molecular weight is 456 g/mol. The van der Waals surface area contributed by atoms with Gasteiger partial charge in [-0.15, -0.1) is 0 Å². The molecule has 0 bridgehead atoms. The fraction of sp³-hybridized carbons (Fsp3) is 0.276. The number of aliphatic hydroxyl groups excluding tert-OH is 1. The third-order valence-corrected chi connectivity index (χ3v) is 5.94. The maximum atomic E-state index is 10.9. The van der Waals surface area contributed by atoms with Gasteiger partial charge >= 0.3 is 0 Å². The van der Waals surface area contributed by atoms with Gasteiger partial charge in [-0.1, -0.05) is 78.9 Å². The van der Waals surface area contributed by atoms with Crippen molar-refractivity contribution in [1.29, 1.82) is 0 Å². The van der Waals surface area contributed by atoms with Gasteiger partial charge in [0.15, 0.2) is 0 Å². The van der Waals surface area contributed by atoms with Crippen LogP contribution in [0, 0.1) is 0 Å². The molecule has 176 valence electrons. The maximum Gasteiger partial charge on any atom is 0.222 e. The van der Waals surface area contributed by atoms with Crippen molar-refractivity contribution >= 4 is 0 Å². The van der Waals surface area contributed by atoms with Crippen molar-refractivity contribution in [2.24, 2.45) is 7.05 Å². The predicted molar refractivity (Wildman–Crippen MR) is 137 cm³/mol. The Morgan fingerprint density at radius 1 is 0.882 bits per heavy atom. The van der Waals surface area contributed by atoms with E-state index in [-0.39, 0.29) is 6.04 Å². The zero-order chi connectivity index (χ0) is 23.9. The van der Waals surface area contributed by atoms with Crippen molar-refractivity contribution in [3.63, 3.8) is 0 Å². The third-order valence-electron chi connectivity index (χ3n) is 5.94. The molecule has 4 rings (SSSR count). The van der Waals surface area contributed by atoms with Crippen molar-refractivity contribution in [2.45, 2.75) is 39.0 Å². The molecule has 0 unspecified atom stereocenters. The summed E-state index contributed by atoms with van der Waals surface area (Å²) < 4.78 is 8.14. The minimum absolute atomic E-state index is 0.235. The number of hydrogen-bond donors (Lipinski definition) is 1. The minimum Gasteiger partial charge on any atom is -0.439 e. The zero-order valence-corrected chi connectivity index (χ0v) is 20.1. The first-order valence-electron chi connectivity index (χ1n) is 11.8. The summed E-state index contributed by atoms with van der Waals surface area (Å²) in [4.78, 5) is 2.29. The van der Waals surface area contributed by atoms with E-state index in [9.17, 15) is 5.11 Å². The number of benzene rings is 3. The molecule has 1 N–H and O–H groups in total. The van der Waals surface area contributed by atoms with Gasteiger partial charge in [-0.05, 0) is 38.0 Å². The monoisotopic (exact) mass is 455 g/mol. The number of aromatic nitrogens is 2. The van der Waals surface area contributed by atoms with E-state index in [0.717, 1.165) is 28.1 Å². The molecule has 0 aliphatic rings. The maximum absolute atomic E-state index is 10.9. The summed E-state index contributed by atoms with van der Waals surface area (Å²) in [7, 11) is 1.91. The lowest BCUT2D eigenvalue weighted by atomic mass is 10.0. The highest BCUT2D eigenvalue weighted by atomic mass is 16.5. The highest BCUT2D eigenvalue weighted by molar-refractivity contribution is 5.65. The van der Waals surface area contributed by atoms with E-state index in [1.807, 2.05) is 78.5 Å². The lowest BCUT2D eigenvalue weighted by molar-refractivity contribution is 0.0904. The second kappa shape index (κ2) is 11.1. The molecule has 1 aromatic heterocycles. The van der Waals surface area contributed by atoms with Crippen LogP contribution in [0.15, 0.2) is 91.0 Å². The van der Waals surface area contributed by atoms with Crippen LogP contribution in [-0.4, -0.2) is 38.5 Å². The Hall–Kier alpha value is -3.41. The highest BCUT2D eigenvalue weighted by Crippen LogP contribution is 2.34. The molecule has 0 spiro atoms. The van der Waals surface area contributed by atoms with Gasteiger partial charge in [-0.2, -0.15) is 5.10 Å². The molecular weight excluding hydrogens is 422 g/mol. The molecule has 3 aromatic carbocycles. The van der Waals surface area contributed by atoms with Gasteiger partial charge in [0.05, 0.1) is 11.7 Å². The van der Waals surface area contributed by atoms with Crippen LogP contribution in [0.3, 0.4) is 0 Å². The fourth-order valence-corrected chi connectivity index (χ4v) is 4.13. The molecular formula is C29H33N3O2. The molecule has 4 aromatic rings. The molecule has 34 heavy (non-hydrogen) atoms. The second-order valence-electron chi connectivity index (χ2n) is 8.90. The molecule has 5 heteroatoms. The Bertz CT molecular complexity index is 1160. The molecule has 5 nitrogen and oxygen atoms in total. The Morgan fingerprint density at radius 2 is 1.47 bits per heavy atom. The zero-order valence-electron chi connectivity index (χ0n) is 20.1. The lowest BCUT2D eigenvalue weighted by Gasteiger charge is -2.29. The molecule has 0 aliphatic heterocycles. The summed E-state index contributed by atoms with van der Waals surface area (Å²) in [5, 5.41) is 15.7. The van der Waals surface area contributed by atoms with Crippen molar-refractivity contribution in [1.82, 2.24) is 14.7 Å². The standard InChI is InChI=1S/C29H33N3O2/c1-22(2)32(20-25(33)19-23-13-7-4-8-14-23)21-27-28(24-15-9-5-10-16-24)30-31(3)29(27)34-26-17-11-6-12-18-26/h4-18,22,25,33H,19-21H2,1-3H3/t25-/m0/s1. The smallest absolute Gasteiger partial charge is 0.222 e. The van der Waals surface area contributed by atoms with Crippen molar-refractivity contribution in [3.8, 4) is 22.9 Å². The quantitative estimate of drug-likeness (QED) is 0.334. The van der Waals surface area contributed by atoms with E-state index in [1.54, 1.807) is 0 Å². The normalized spacial score (nSPS) is 12.3. The van der Waals surface area contributed by atoms with E-state index in [2.05, 4.69) is 43.0 Å².